The predicted octanol–water partition coefficient (Wildman–Crippen LogP) is 2.49. The number of imide groups is 1. The molecule has 1 atom stereocenters. The van der Waals surface area contributed by atoms with Gasteiger partial charge in [-0.1, -0.05) is 0 Å². The molecule has 6 nitrogen and oxygen atoms in total. The van der Waals surface area contributed by atoms with Crippen LogP contribution in [0.3, 0.4) is 0 Å². The molecule has 2 fully saturated rings. The predicted molar refractivity (Wildman–Crippen MR) is 106 cm³/mol. The molecule has 2 aromatic carbocycles. The monoisotopic (exact) mass is 413 g/mol. The van der Waals surface area contributed by atoms with Gasteiger partial charge in [-0.25, -0.2) is 13.7 Å². The highest BCUT2D eigenvalue weighted by Gasteiger charge is 2.43. The highest BCUT2D eigenvalue weighted by Crippen LogP contribution is 2.27. The van der Waals surface area contributed by atoms with Gasteiger partial charge in [0.2, 0.25) is 5.91 Å². The summed E-state index contributed by atoms with van der Waals surface area (Å²) < 4.78 is 26.1. The number of nitrogens with zero attached hydrogens (tertiary/aromatic N) is 2. The Balaban J connectivity index is 1.34. The van der Waals surface area contributed by atoms with Gasteiger partial charge in [0.1, 0.15) is 11.6 Å². The molecule has 2 aliphatic heterocycles. The smallest absolute Gasteiger partial charge is 0.251 e. The van der Waals surface area contributed by atoms with Gasteiger partial charge in [0, 0.05) is 24.7 Å². The molecule has 30 heavy (non-hydrogen) atoms. The van der Waals surface area contributed by atoms with Crippen molar-refractivity contribution in [3.63, 3.8) is 0 Å². The van der Waals surface area contributed by atoms with Gasteiger partial charge in [-0.2, -0.15) is 0 Å². The molecule has 2 saturated heterocycles. The number of carbonyl (C=O) groups is 3. The minimum atomic E-state index is -0.545. The number of nitrogens with one attached hydrogen (secondary N) is 1. The fourth-order valence-electron chi connectivity index (χ4n) is 3.99. The largest absolute Gasteiger partial charge is 0.349 e. The lowest BCUT2D eigenvalue weighted by Gasteiger charge is -2.35. The van der Waals surface area contributed by atoms with E-state index in [0.29, 0.717) is 37.2 Å². The highest BCUT2D eigenvalue weighted by atomic mass is 19.1. The van der Waals surface area contributed by atoms with E-state index in [1.807, 2.05) is 4.90 Å². The summed E-state index contributed by atoms with van der Waals surface area (Å²) in [6, 6.07) is 10.0. The van der Waals surface area contributed by atoms with Crippen LogP contribution >= 0.6 is 0 Å². The second kappa shape index (κ2) is 8.31. The zero-order valence-electron chi connectivity index (χ0n) is 16.2. The first kappa shape index (κ1) is 20.2. The molecule has 4 rings (SSSR count). The van der Waals surface area contributed by atoms with Crippen molar-refractivity contribution in [3.8, 4) is 0 Å². The first-order chi connectivity index (χ1) is 14.4. The van der Waals surface area contributed by atoms with Crippen molar-refractivity contribution >= 4 is 23.4 Å². The van der Waals surface area contributed by atoms with Gasteiger partial charge in [0.25, 0.3) is 11.8 Å². The standard InChI is InChI=1S/C22H21F2N3O3/c23-15-3-1-14(2-4-15)21(29)25-17-9-11-26(12-10-17)19-13-20(28)27(22(19)30)18-7-5-16(24)6-8-18/h1-8,17,19H,9-13H2,(H,25,29)/t19-/m0/s1. The Bertz CT molecular complexity index is 955. The molecule has 8 heteroatoms. The summed E-state index contributed by atoms with van der Waals surface area (Å²) in [4.78, 5) is 40.6. The number of rotatable bonds is 4. The molecule has 0 radical (unpaired) electrons. The first-order valence-electron chi connectivity index (χ1n) is 9.85. The van der Waals surface area contributed by atoms with Crippen molar-refractivity contribution in [2.24, 2.45) is 0 Å². The molecule has 0 saturated carbocycles. The van der Waals surface area contributed by atoms with Gasteiger partial charge in [-0.05, 0) is 61.4 Å². The Kier molecular flexibility index (Phi) is 5.59. The van der Waals surface area contributed by atoms with E-state index in [1.54, 1.807) is 0 Å². The zero-order chi connectivity index (χ0) is 21.3. The zero-order valence-corrected chi connectivity index (χ0v) is 16.2. The molecule has 2 heterocycles. The molecule has 0 spiro atoms. The van der Waals surface area contributed by atoms with Crippen molar-refractivity contribution in [2.75, 3.05) is 18.0 Å². The number of amides is 3. The normalized spacial score (nSPS) is 20.6. The molecular formula is C22H21F2N3O3. The number of anilines is 1. The molecule has 0 bridgehead atoms. The summed E-state index contributed by atoms with van der Waals surface area (Å²) in [6.45, 7) is 1.13. The third kappa shape index (κ3) is 4.09. The molecule has 3 amide bonds. The van der Waals surface area contributed by atoms with Gasteiger partial charge in [-0.3, -0.25) is 19.3 Å². The summed E-state index contributed by atoms with van der Waals surface area (Å²) in [6.07, 6.45) is 1.37. The average Bonchev–Trinajstić information content (AvgIpc) is 3.04. The van der Waals surface area contributed by atoms with Crippen LogP contribution in [-0.4, -0.2) is 47.8 Å². The Morgan fingerprint density at radius 2 is 1.47 bits per heavy atom. The quantitative estimate of drug-likeness (QED) is 0.782. The van der Waals surface area contributed by atoms with Gasteiger partial charge in [0.15, 0.2) is 0 Å². The molecule has 0 aromatic heterocycles. The maximum absolute atomic E-state index is 13.1. The van der Waals surface area contributed by atoms with Crippen LogP contribution in [0, 0.1) is 11.6 Å². The number of benzene rings is 2. The summed E-state index contributed by atoms with van der Waals surface area (Å²) in [5, 5.41) is 2.94. The van der Waals surface area contributed by atoms with E-state index in [4.69, 9.17) is 0 Å². The summed E-state index contributed by atoms with van der Waals surface area (Å²) >= 11 is 0. The summed E-state index contributed by atoms with van der Waals surface area (Å²) in [7, 11) is 0. The van der Waals surface area contributed by atoms with Crippen molar-refractivity contribution in [3.05, 3.63) is 65.7 Å². The second-order valence-electron chi connectivity index (χ2n) is 7.55. The fraction of sp³-hybridized carbons (Fsp3) is 0.318. The average molecular weight is 413 g/mol. The molecule has 0 unspecified atom stereocenters. The van der Waals surface area contributed by atoms with E-state index in [1.165, 1.54) is 48.5 Å². The summed E-state index contributed by atoms with van der Waals surface area (Å²) in [5.74, 6) is -1.70. The van der Waals surface area contributed by atoms with Gasteiger partial charge >= 0.3 is 0 Å². The van der Waals surface area contributed by atoms with E-state index in [2.05, 4.69) is 5.32 Å². The van der Waals surface area contributed by atoms with Gasteiger partial charge in [-0.15, -0.1) is 0 Å². The first-order valence-corrected chi connectivity index (χ1v) is 9.85. The van der Waals surface area contributed by atoms with E-state index in [-0.39, 0.29) is 30.2 Å². The number of piperidine rings is 1. The second-order valence-corrected chi connectivity index (χ2v) is 7.55. The molecule has 0 aliphatic carbocycles. The lowest BCUT2D eigenvalue weighted by atomic mass is 10.0. The van der Waals surface area contributed by atoms with E-state index >= 15 is 0 Å². The van der Waals surface area contributed by atoms with Gasteiger partial charge in [0.05, 0.1) is 18.2 Å². The van der Waals surface area contributed by atoms with E-state index in [0.717, 1.165) is 4.90 Å². The number of hydrogen-bond donors (Lipinski definition) is 1. The molecule has 156 valence electrons. The molecule has 2 aromatic rings. The van der Waals surface area contributed by atoms with Crippen molar-refractivity contribution in [1.82, 2.24) is 10.2 Å². The van der Waals surface area contributed by atoms with Crippen LogP contribution in [0.25, 0.3) is 0 Å². The van der Waals surface area contributed by atoms with Crippen molar-refractivity contribution in [1.29, 1.82) is 0 Å². The molecule has 1 N–H and O–H groups in total. The van der Waals surface area contributed by atoms with Crippen LogP contribution in [0.1, 0.15) is 29.6 Å². The Morgan fingerprint density at radius 3 is 2.07 bits per heavy atom. The lowest BCUT2D eigenvalue weighted by Crippen LogP contribution is -2.50. The summed E-state index contributed by atoms with van der Waals surface area (Å²) in [5.41, 5.74) is 0.765. The molecule has 2 aliphatic rings. The maximum atomic E-state index is 13.1. The van der Waals surface area contributed by atoms with Crippen LogP contribution in [0.2, 0.25) is 0 Å². The number of carbonyl (C=O) groups excluding carboxylic acids is 3. The minimum Gasteiger partial charge on any atom is -0.349 e. The fourth-order valence-corrected chi connectivity index (χ4v) is 3.99. The van der Waals surface area contributed by atoms with Crippen LogP contribution in [-0.2, 0) is 9.59 Å². The van der Waals surface area contributed by atoms with Crippen LogP contribution < -0.4 is 10.2 Å². The SMILES string of the molecule is O=C(NC1CCN([C@H]2CC(=O)N(c3ccc(F)cc3)C2=O)CC1)c1ccc(F)cc1. The third-order valence-electron chi connectivity index (χ3n) is 5.62. The Morgan fingerprint density at radius 1 is 0.900 bits per heavy atom. The van der Waals surface area contributed by atoms with Gasteiger partial charge < -0.3 is 5.32 Å². The minimum absolute atomic E-state index is 0.0563. The number of halogens is 2. The van der Waals surface area contributed by atoms with Crippen LogP contribution in [0.15, 0.2) is 48.5 Å². The Labute approximate surface area is 172 Å². The highest BCUT2D eigenvalue weighted by molar-refractivity contribution is 6.22. The topological polar surface area (TPSA) is 69.7 Å². The Hall–Kier alpha value is -3.13. The van der Waals surface area contributed by atoms with Crippen LogP contribution in [0.5, 0.6) is 0 Å². The maximum Gasteiger partial charge on any atom is 0.251 e. The van der Waals surface area contributed by atoms with Crippen molar-refractivity contribution < 1.29 is 23.2 Å². The van der Waals surface area contributed by atoms with Crippen molar-refractivity contribution in [2.45, 2.75) is 31.3 Å². The number of likely N-dealkylation sites (tertiary alicyclic amines) is 1. The van der Waals surface area contributed by atoms with E-state index < -0.39 is 17.7 Å². The van der Waals surface area contributed by atoms with E-state index in [9.17, 15) is 23.2 Å². The number of hydrogen-bond acceptors (Lipinski definition) is 4. The molecular weight excluding hydrogens is 392 g/mol. The van der Waals surface area contributed by atoms with Crippen LogP contribution in [0.4, 0.5) is 14.5 Å². The third-order valence-corrected chi connectivity index (χ3v) is 5.62. The lowest BCUT2D eigenvalue weighted by molar-refractivity contribution is -0.123.